The van der Waals surface area contributed by atoms with Crippen LogP contribution in [-0.4, -0.2) is 20.4 Å². The molecule has 0 aliphatic heterocycles. The molecule has 0 bridgehead atoms. The predicted octanol–water partition coefficient (Wildman–Crippen LogP) is 1.85. The maximum Gasteiger partial charge on any atom is 0.261 e. The fourth-order valence-corrected chi connectivity index (χ4v) is 2.01. The summed E-state index contributed by atoms with van der Waals surface area (Å²) in [4.78, 5) is 32.3. The van der Waals surface area contributed by atoms with Crippen LogP contribution in [0.3, 0.4) is 0 Å². The molecule has 0 aliphatic rings. The minimum atomic E-state index is -0.304. The van der Waals surface area contributed by atoms with Crippen molar-refractivity contribution in [1.82, 2.24) is 14.5 Å². The fraction of sp³-hybridized carbons (Fsp3) is 0.0667. The van der Waals surface area contributed by atoms with E-state index >= 15 is 0 Å². The quantitative estimate of drug-likeness (QED) is 0.800. The molecular formula is C15H13ClN4O2. The van der Waals surface area contributed by atoms with Crippen LogP contribution in [0.5, 0.6) is 0 Å². The van der Waals surface area contributed by atoms with Crippen LogP contribution in [0.1, 0.15) is 0 Å². The van der Waals surface area contributed by atoms with Gasteiger partial charge < -0.3 is 5.32 Å². The number of benzene rings is 1. The number of para-hydroxylation sites is 1. The standard InChI is InChI=1S/C15H12N4O2.ClH/c20-14(18-11-4-3-7-16-8-11)9-19-10-17-13-6-2-1-5-12(13)15(19)21;/h1-8,10H,9H2,(H,18,20);1H. The monoisotopic (exact) mass is 316 g/mol. The van der Waals surface area contributed by atoms with Crippen molar-refractivity contribution >= 4 is 34.9 Å². The Hall–Kier alpha value is -2.73. The van der Waals surface area contributed by atoms with Crippen molar-refractivity contribution in [3.63, 3.8) is 0 Å². The lowest BCUT2D eigenvalue weighted by atomic mass is 10.2. The molecule has 22 heavy (non-hydrogen) atoms. The number of hydrogen-bond acceptors (Lipinski definition) is 4. The van der Waals surface area contributed by atoms with E-state index in [2.05, 4.69) is 15.3 Å². The summed E-state index contributed by atoms with van der Waals surface area (Å²) in [5.74, 6) is -0.304. The molecule has 0 spiro atoms. The number of nitrogens with one attached hydrogen (secondary N) is 1. The highest BCUT2D eigenvalue weighted by Gasteiger charge is 2.08. The Morgan fingerprint density at radius 1 is 1.18 bits per heavy atom. The van der Waals surface area contributed by atoms with Gasteiger partial charge in [-0.05, 0) is 24.3 Å². The Kier molecular flexibility index (Phi) is 4.85. The van der Waals surface area contributed by atoms with Crippen LogP contribution in [0.4, 0.5) is 5.69 Å². The van der Waals surface area contributed by atoms with E-state index in [9.17, 15) is 9.59 Å². The summed E-state index contributed by atoms with van der Waals surface area (Å²) in [5, 5.41) is 3.17. The second-order valence-corrected chi connectivity index (χ2v) is 4.48. The average Bonchev–Trinajstić information content (AvgIpc) is 2.51. The molecule has 1 amide bonds. The van der Waals surface area contributed by atoms with Gasteiger partial charge in [0.15, 0.2) is 0 Å². The van der Waals surface area contributed by atoms with Gasteiger partial charge >= 0.3 is 0 Å². The SMILES string of the molecule is Cl.O=C(Cn1cnc2ccccc2c1=O)Nc1cccnc1. The summed E-state index contributed by atoms with van der Waals surface area (Å²) >= 11 is 0. The Morgan fingerprint density at radius 3 is 2.77 bits per heavy atom. The van der Waals surface area contributed by atoms with Gasteiger partial charge in [-0.3, -0.25) is 19.1 Å². The van der Waals surface area contributed by atoms with Gasteiger partial charge in [0.1, 0.15) is 6.54 Å². The highest BCUT2D eigenvalue weighted by atomic mass is 35.5. The molecule has 0 atom stereocenters. The van der Waals surface area contributed by atoms with E-state index in [1.807, 2.05) is 6.07 Å². The van der Waals surface area contributed by atoms with E-state index in [0.29, 0.717) is 16.6 Å². The summed E-state index contributed by atoms with van der Waals surface area (Å²) in [7, 11) is 0. The minimum Gasteiger partial charge on any atom is -0.323 e. The molecule has 2 heterocycles. The summed E-state index contributed by atoms with van der Waals surface area (Å²) in [5.41, 5.74) is 0.970. The number of fused-ring (bicyclic) bond motifs is 1. The number of carbonyl (C=O) groups is 1. The Labute approximate surface area is 132 Å². The van der Waals surface area contributed by atoms with Crippen molar-refractivity contribution in [2.45, 2.75) is 6.54 Å². The van der Waals surface area contributed by atoms with Crippen LogP contribution >= 0.6 is 12.4 Å². The molecule has 0 saturated heterocycles. The van der Waals surface area contributed by atoms with Crippen molar-refractivity contribution in [3.05, 3.63) is 65.5 Å². The van der Waals surface area contributed by atoms with E-state index in [0.717, 1.165) is 0 Å². The summed E-state index contributed by atoms with van der Waals surface area (Å²) in [6.07, 6.45) is 4.54. The first-order valence-corrected chi connectivity index (χ1v) is 6.38. The molecule has 1 aromatic carbocycles. The molecule has 0 aliphatic carbocycles. The van der Waals surface area contributed by atoms with Crippen molar-refractivity contribution < 1.29 is 4.79 Å². The van der Waals surface area contributed by atoms with Gasteiger partial charge in [0.05, 0.1) is 29.1 Å². The van der Waals surface area contributed by atoms with Crippen molar-refractivity contribution in [3.8, 4) is 0 Å². The topological polar surface area (TPSA) is 76.9 Å². The number of amides is 1. The van der Waals surface area contributed by atoms with Crippen LogP contribution in [0.25, 0.3) is 10.9 Å². The van der Waals surface area contributed by atoms with E-state index in [-0.39, 0.29) is 30.4 Å². The number of anilines is 1. The maximum absolute atomic E-state index is 12.2. The summed E-state index contributed by atoms with van der Waals surface area (Å²) < 4.78 is 1.29. The fourth-order valence-electron chi connectivity index (χ4n) is 2.01. The summed E-state index contributed by atoms with van der Waals surface area (Å²) in [6, 6.07) is 10.5. The van der Waals surface area contributed by atoms with E-state index < -0.39 is 0 Å². The molecule has 3 rings (SSSR count). The Bertz CT molecular complexity index is 849. The third kappa shape index (κ3) is 3.29. The maximum atomic E-state index is 12.2. The molecule has 7 heteroatoms. The number of halogens is 1. The molecule has 3 aromatic rings. The van der Waals surface area contributed by atoms with Gasteiger partial charge in [-0.15, -0.1) is 12.4 Å². The van der Waals surface area contributed by atoms with Crippen LogP contribution in [-0.2, 0) is 11.3 Å². The van der Waals surface area contributed by atoms with E-state index in [1.54, 1.807) is 42.7 Å². The van der Waals surface area contributed by atoms with Gasteiger partial charge in [-0.1, -0.05) is 12.1 Å². The highest BCUT2D eigenvalue weighted by Crippen LogP contribution is 2.05. The zero-order valence-corrected chi connectivity index (χ0v) is 12.3. The number of rotatable bonds is 3. The summed E-state index contributed by atoms with van der Waals surface area (Å²) in [6.45, 7) is -0.0917. The van der Waals surface area contributed by atoms with Crippen LogP contribution < -0.4 is 10.9 Å². The second kappa shape index (κ2) is 6.82. The number of nitrogens with zero attached hydrogens (tertiary/aromatic N) is 3. The van der Waals surface area contributed by atoms with Crippen LogP contribution in [0, 0.1) is 0 Å². The minimum absolute atomic E-state index is 0. The number of pyridine rings is 1. The predicted molar refractivity (Wildman–Crippen MR) is 86.1 cm³/mol. The Balaban J connectivity index is 0.00000176. The normalized spacial score (nSPS) is 10.0. The highest BCUT2D eigenvalue weighted by molar-refractivity contribution is 5.90. The zero-order chi connectivity index (χ0) is 14.7. The van der Waals surface area contributed by atoms with Gasteiger partial charge in [0, 0.05) is 6.20 Å². The number of hydrogen-bond donors (Lipinski definition) is 1. The molecule has 0 unspecified atom stereocenters. The van der Waals surface area contributed by atoms with Crippen molar-refractivity contribution in [2.75, 3.05) is 5.32 Å². The van der Waals surface area contributed by atoms with Crippen molar-refractivity contribution in [1.29, 1.82) is 0 Å². The third-order valence-electron chi connectivity index (χ3n) is 2.99. The lowest BCUT2D eigenvalue weighted by Crippen LogP contribution is -2.27. The van der Waals surface area contributed by atoms with Crippen LogP contribution in [0.2, 0.25) is 0 Å². The Morgan fingerprint density at radius 2 is 2.00 bits per heavy atom. The first-order valence-electron chi connectivity index (χ1n) is 6.38. The smallest absolute Gasteiger partial charge is 0.261 e. The molecule has 0 radical (unpaired) electrons. The average molecular weight is 317 g/mol. The first kappa shape index (κ1) is 15.7. The molecule has 112 valence electrons. The second-order valence-electron chi connectivity index (χ2n) is 4.48. The lowest BCUT2D eigenvalue weighted by molar-refractivity contribution is -0.116. The largest absolute Gasteiger partial charge is 0.323 e. The van der Waals surface area contributed by atoms with E-state index in [1.165, 1.54) is 10.9 Å². The first-order chi connectivity index (χ1) is 10.2. The van der Waals surface area contributed by atoms with E-state index in [4.69, 9.17) is 0 Å². The van der Waals surface area contributed by atoms with Gasteiger partial charge in [-0.25, -0.2) is 4.98 Å². The van der Waals surface area contributed by atoms with Gasteiger partial charge in [0.25, 0.3) is 5.56 Å². The molecule has 6 nitrogen and oxygen atoms in total. The van der Waals surface area contributed by atoms with Crippen LogP contribution in [0.15, 0.2) is 59.9 Å². The lowest BCUT2D eigenvalue weighted by Gasteiger charge is -2.07. The molecular weight excluding hydrogens is 304 g/mol. The molecule has 0 fully saturated rings. The van der Waals surface area contributed by atoms with Gasteiger partial charge in [-0.2, -0.15) is 0 Å². The third-order valence-corrected chi connectivity index (χ3v) is 2.99. The zero-order valence-electron chi connectivity index (χ0n) is 11.5. The van der Waals surface area contributed by atoms with Gasteiger partial charge in [0.2, 0.25) is 5.91 Å². The molecule has 2 aromatic heterocycles. The van der Waals surface area contributed by atoms with Crippen molar-refractivity contribution in [2.24, 2.45) is 0 Å². The number of aromatic nitrogens is 3. The molecule has 0 saturated carbocycles. The number of carbonyl (C=O) groups excluding carboxylic acids is 1. The molecule has 1 N–H and O–H groups in total.